The number of benzene rings is 4. The van der Waals surface area contributed by atoms with E-state index >= 15 is 0 Å². The average Bonchev–Trinajstić information content (AvgIpc) is 2.79. The van der Waals surface area contributed by atoms with E-state index in [0.717, 1.165) is 27.8 Å². The summed E-state index contributed by atoms with van der Waals surface area (Å²) in [6.45, 7) is 1.91. The molecule has 0 atom stereocenters. The fourth-order valence-electron chi connectivity index (χ4n) is 3.47. The summed E-state index contributed by atoms with van der Waals surface area (Å²) in [5, 5.41) is 6.72. The zero-order valence-electron chi connectivity index (χ0n) is 16.2. The third-order valence-corrected chi connectivity index (χ3v) is 5.03. The SMILES string of the molecule is C/C(=N\NC(=O)C(c1ccccc1)c1ccccc1)c1ccc2ccccc2c1. The van der Waals surface area contributed by atoms with Crippen molar-refractivity contribution < 1.29 is 4.79 Å². The van der Waals surface area contributed by atoms with Crippen LogP contribution in [-0.2, 0) is 4.79 Å². The first-order valence-electron chi connectivity index (χ1n) is 9.65. The molecule has 0 radical (unpaired) electrons. The molecule has 0 aliphatic heterocycles. The lowest BCUT2D eigenvalue weighted by Gasteiger charge is -2.16. The topological polar surface area (TPSA) is 41.5 Å². The molecule has 0 fully saturated rings. The van der Waals surface area contributed by atoms with Gasteiger partial charge in [0.2, 0.25) is 0 Å². The van der Waals surface area contributed by atoms with Crippen molar-refractivity contribution in [2.45, 2.75) is 12.8 Å². The zero-order valence-corrected chi connectivity index (χ0v) is 16.2. The molecule has 142 valence electrons. The first kappa shape index (κ1) is 18.6. The monoisotopic (exact) mass is 378 g/mol. The van der Waals surface area contributed by atoms with Gasteiger partial charge in [0.05, 0.1) is 11.6 Å². The van der Waals surface area contributed by atoms with Crippen molar-refractivity contribution in [1.82, 2.24) is 5.43 Å². The number of amides is 1. The highest BCUT2D eigenvalue weighted by Gasteiger charge is 2.22. The van der Waals surface area contributed by atoms with Crippen molar-refractivity contribution in [3.63, 3.8) is 0 Å². The van der Waals surface area contributed by atoms with Crippen LogP contribution in [0.2, 0.25) is 0 Å². The second kappa shape index (κ2) is 8.53. The van der Waals surface area contributed by atoms with Gasteiger partial charge in [-0.3, -0.25) is 4.79 Å². The molecule has 0 aliphatic carbocycles. The highest BCUT2D eigenvalue weighted by molar-refractivity contribution is 6.02. The van der Waals surface area contributed by atoms with Crippen molar-refractivity contribution in [2.24, 2.45) is 5.10 Å². The summed E-state index contributed by atoms with van der Waals surface area (Å²) in [7, 11) is 0. The Morgan fingerprint density at radius 1 is 0.724 bits per heavy atom. The second-order valence-electron chi connectivity index (χ2n) is 6.99. The maximum atomic E-state index is 13.1. The molecule has 0 aliphatic rings. The Morgan fingerprint density at radius 2 is 1.28 bits per heavy atom. The summed E-state index contributed by atoms with van der Waals surface area (Å²) in [6, 6.07) is 34.0. The molecule has 0 aromatic heterocycles. The predicted molar refractivity (Wildman–Crippen MR) is 119 cm³/mol. The van der Waals surface area contributed by atoms with E-state index in [1.165, 1.54) is 5.39 Å². The van der Waals surface area contributed by atoms with Crippen LogP contribution >= 0.6 is 0 Å². The molecule has 29 heavy (non-hydrogen) atoms. The van der Waals surface area contributed by atoms with Crippen molar-refractivity contribution in [2.75, 3.05) is 0 Å². The Balaban J connectivity index is 1.60. The number of fused-ring (bicyclic) bond motifs is 1. The van der Waals surface area contributed by atoms with Crippen LogP contribution in [0.4, 0.5) is 0 Å². The number of hydrogen-bond donors (Lipinski definition) is 1. The van der Waals surface area contributed by atoms with Gasteiger partial charge < -0.3 is 0 Å². The highest BCUT2D eigenvalue weighted by atomic mass is 16.2. The molecule has 0 saturated heterocycles. The van der Waals surface area contributed by atoms with Crippen LogP contribution in [-0.4, -0.2) is 11.6 Å². The minimum Gasteiger partial charge on any atom is -0.272 e. The molecule has 4 rings (SSSR count). The van der Waals surface area contributed by atoms with Crippen molar-refractivity contribution in [1.29, 1.82) is 0 Å². The molecule has 0 spiro atoms. The number of nitrogens with one attached hydrogen (secondary N) is 1. The summed E-state index contributed by atoms with van der Waals surface area (Å²) < 4.78 is 0. The van der Waals surface area contributed by atoms with Gasteiger partial charge in [-0.1, -0.05) is 97.1 Å². The molecular weight excluding hydrogens is 356 g/mol. The smallest absolute Gasteiger partial charge is 0.252 e. The normalized spacial score (nSPS) is 11.6. The van der Waals surface area contributed by atoms with Crippen LogP contribution in [0.5, 0.6) is 0 Å². The molecule has 3 nitrogen and oxygen atoms in total. The van der Waals surface area contributed by atoms with E-state index in [0.29, 0.717) is 0 Å². The standard InChI is InChI=1S/C26H22N2O/c1-19(23-17-16-20-10-8-9-15-24(20)18-23)27-28-26(29)25(21-11-4-2-5-12-21)22-13-6-3-7-14-22/h2-18,25H,1H3,(H,28,29)/b27-19+. The third kappa shape index (κ3) is 4.25. The van der Waals surface area contributed by atoms with Crippen LogP contribution in [0, 0.1) is 0 Å². The predicted octanol–water partition coefficient (Wildman–Crippen LogP) is 5.51. The molecule has 0 heterocycles. The van der Waals surface area contributed by atoms with Crippen LogP contribution in [0.3, 0.4) is 0 Å². The lowest BCUT2D eigenvalue weighted by Crippen LogP contribution is -2.27. The van der Waals surface area contributed by atoms with E-state index in [-0.39, 0.29) is 5.91 Å². The number of carbonyl (C=O) groups is 1. The van der Waals surface area contributed by atoms with Gasteiger partial charge in [0.15, 0.2) is 0 Å². The summed E-state index contributed by atoms with van der Waals surface area (Å²) >= 11 is 0. The van der Waals surface area contributed by atoms with Gasteiger partial charge in [-0.05, 0) is 40.5 Å². The average molecular weight is 378 g/mol. The lowest BCUT2D eigenvalue weighted by atomic mass is 9.91. The minimum absolute atomic E-state index is 0.150. The Labute approximate surface area is 170 Å². The molecule has 0 saturated carbocycles. The van der Waals surface area contributed by atoms with Gasteiger partial charge in [-0.2, -0.15) is 5.10 Å². The third-order valence-electron chi connectivity index (χ3n) is 5.03. The van der Waals surface area contributed by atoms with Gasteiger partial charge in [-0.25, -0.2) is 5.43 Å². The number of nitrogens with zero attached hydrogens (tertiary/aromatic N) is 1. The maximum absolute atomic E-state index is 13.1. The minimum atomic E-state index is -0.412. The zero-order chi connectivity index (χ0) is 20.1. The first-order valence-corrected chi connectivity index (χ1v) is 9.65. The van der Waals surface area contributed by atoms with Gasteiger partial charge in [0, 0.05) is 0 Å². The van der Waals surface area contributed by atoms with E-state index < -0.39 is 5.92 Å². The van der Waals surface area contributed by atoms with Gasteiger partial charge in [0.1, 0.15) is 0 Å². The molecule has 1 N–H and O–H groups in total. The number of hydrazone groups is 1. The molecular formula is C26H22N2O. The van der Waals surface area contributed by atoms with E-state index in [9.17, 15) is 4.79 Å². The highest BCUT2D eigenvalue weighted by Crippen LogP contribution is 2.24. The number of carbonyl (C=O) groups excluding carboxylic acids is 1. The van der Waals surface area contributed by atoms with Gasteiger partial charge in [-0.15, -0.1) is 0 Å². The fourth-order valence-corrected chi connectivity index (χ4v) is 3.47. The van der Waals surface area contributed by atoms with Crippen LogP contribution in [0.1, 0.15) is 29.5 Å². The largest absolute Gasteiger partial charge is 0.272 e. The Kier molecular flexibility index (Phi) is 5.48. The van der Waals surface area contributed by atoms with Gasteiger partial charge in [0.25, 0.3) is 5.91 Å². The number of hydrogen-bond acceptors (Lipinski definition) is 2. The van der Waals surface area contributed by atoms with Crippen molar-refractivity contribution in [3.8, 4) is 0 Å². The van der Waals surface area contributed by atoms with Crippen molar-refractivity contribution >= 4 is 22.4 Å². The number of rotatable bonds is 5. The van der Waals surface area contributed by atoms with E-state index in [2.05, 4.69) is 34.8 Å². The summed E-state index contributed by atoms with van der Waals surface area (Å²) in [6.07, 6.45) is 0. The van der Waals surface area contributed by atoms with Crippen LogP contribution < -0.4 is 5.43 Å². The van der Waals surface area contributed by atoms with Crippen LogP contribution in [0.25, 0.3) is 10.8 Å². The maximum Gasteiger partial charge on any atom is 0.252 e. The van der Waals surface area contributed by atoms with E-state index in [1.54, 1.807) is 0 Å². The lowest BCUT2D eigenvalue weighted by molar-refractivity contribution is -0.121. The molecule has 0 bridgehead atoms. The van der Waals surface area contributed by atoms with Crippen molar-refractivity contribution in [3.05, 3.63) is 120 Å². The van der Waals surface area contributed by atoms with E-state index in [1.807, 2.05) is 85.8 Å². The summed E-state index contributed by atoms with van der Waals surface area (Å²) in [5.74, 6) is -0.562. The molecule has 4 aromatic carbocycles. The summed E-state index contributed by atoms with van der Waals surface area (Å²) in [5.41, 5.74) is 6.41. The molecule has 3 heteroatoms. The molecule has 1 amide bonds. The second-order valence-corrected chi connectivity index (χ2v) is 6.99. The fraction of sp³-hybridized carbons (Fsp3) is 0.0769. The summed E-state index contributed by atoms with van der Waals surface area (Å²) in [4.78, 5) is 13.1. The Bertz CT molecular complexity index is 1110. The Morgan fingerprint density at radius 3 is 1.90 bits per heavy atom. The van der Waals surface area contributed by atoms with Gasteiger partial charge >= 0.3 is 0 Å². The van der Waals surface area contributed by atoms with Crippen LogP contribution in [0.15, 0.2) is 108 Å². The molecule has 4 aromatic rings. The molecule has 0 unspecified atom stereocenters. The Hall–Kier alpha value is -3.72. The van der Waals surface area contributed by atoms with E-state index in [4.69, 9.17) is 0 Å². The first-order chi connectivity index (χ1) is 14.2. The quantitative estimate of drug-likeness (QED) is 0.361.